The van der Waals surface area contributed by atoms with Gasteiger partial charge in [-0.3, -0.25) is 4.79 Å². The molecule has 12 nitrogen and oxygen atoms in total. The number of fused-ring (bicyclic) bond motifs is 4. The molecule has 2 aromatic heterocycles. The Kier molecular flexibility index (Phi) is 7.01. The predicted octanol–water partition coefficient (Wildman–Crippen LogP) is 0.786. The summed E-state index contributed by atoms with van der Waals surface area (Å²) in [6.07, 6.45) is 2.76. The van der Waals surface area contributed by atoms with Gasteiger partial charge in [-0.2, -0.15) is 0 Å². The number of aliphatic hydroxyl groups is 2. The van der Waals surface area contributed by atoms with Gasteiger partial charge in [-0.1, -0.05) is 11.8 Å². The van der Waals surface area contributed by atoms with E-state index in [1.165, 1.54) is 11.8 Å². The molecule has 3 aromatic rings. The van der Waals surface area contributed by atoms with Crippen LogP contribution in [0, 0.1) is 5.92 Å². The van der Waals surface area contributed by atoms with Gasteiger partial charge >= 0.3 is 0 Å². The molecule has 0 saturated heterocycles. The molecule has 6 rings (SSSR count). The van der Waals surface area contributed by atoms with Gasteiger partial charge in [0.2, 0.25) is 11.8 Å². The van der Waals surface area contributed by atoms with Crippen LogP contribution >= 0.6 is 11.8 Å². The molecule has 1 aromatic carbocycles. The molecule has 38 heavy (non-hydrogen) atoms. The number of nitrogens with zero attached hydrogens (tertiary/aromatic N) is 4. The van der Waals surface area contributed by atoms with Crippen molar-refractivity contribution >= 4 is 34.5 Å². The summed E-state index contributed by atoms with van der Waals surface area (Å²) in [5.41, 5.74) is 3.02. The van der Waals surface area contributed by atoms with Crippen molar-refractivity contribution in [3.05, 3.63) is 35.8 Å². The molecular formula is C25H29N7O5S. The Morgan fingerprint density at radius 1 is 1.21 bits per heavy atom. The molecule has 3 aliphatic rings. The molecule has 13 heteroatoms. The minimum Gasteiger partial charge on any atom is -0.493 e. The van der Waals surface area contributed by atoms with Crippen LogP contribution < -0.4 is 25.4 Å². The van der Waals surface area contributed by atoms with Crippen molar-refractivity contribution in [2.75, 3.05) is 31.3 Å². The molecule has 0 bridgehead atoms. The molecule has 1 amide bonds. The molecule has 1 saturated carbocycles. The molecule has 200 valence electrons. The van der Waals surface area contributed by atoms with Gasteiger partial charge in [0.15, 0.2) is 5.82 Å². The zero-order chi connectivity index (χ0) is 26.2. The summed E-state index contributed by atoms with van der Waals surface area (Å²) >= 11 is 1.37. The van der Waals surface area contributed by atoms with Crippen LogP contribution in [0.15, 0.2) is 29.6 Å². The standard InChI is InChI=1S/C25H29N7O5S/c1-36-19-10-27-15-2-3-17-20(21(15)32-19)14(4-5-37-17)30-16-6-12(22(34)23(16)35)7-26-8-13-9-28-25-24(29-13)31-18(33)11-38-25/h2-3,9-10,12,14,16,22-23,26,30,34-35H,4-8,11H2,1H3,(H,29,31,33)/t12-,14?,16-,22+,23-/m1/s1. The van der Waals surface area contributed by atoms with Gasteiger partial charge in [0, 0.05) is 43.1 Å². The van der Waals surface area contributed by atoms with Gasteiger partial charge in [0.05, 0.1) is 55.3 Å². The Hall–Kier alpha value is -3.10. The van der Waals surface area contributed by atoms with Crippen molar-refractivity contribution in [3.63, 3.8) is 0 Å². The first-order valence-electron chi connectivity index (χ1n) is 12.6. The molecule has 1 unspecified atom stereocenters. The monoisotopic (exact) mass is 539 g/mol. The average molecular weight is 540 g/mol. The summed E-state index contributed by atoms with van der Waals surface area (Å²) < 4.78 is 11.2. The van der Waals surface area contributed by atoms with Crippen molar-refractivity contribution in [2.45, 2.75) is 48.7 Å². The lowest BCUT2D eigenvalue weighted by molar-refractivity contribution is -0.113. The smallest absolute Gasteiger partial charge is 0.236 e. The topological polar surface area (TPSA) is 164 Å². The van der Waals surface area contributed by atoms with Crippen LogP contribution in [-0.4, -0.2) is 80.3 Å². The minimum absolute atomic E-state index is 0.0881. The fraction of sp³-hybridized carbons (Fsp3) is 0.480. The molecule has 5 atom stereocenters. The summed E-state index contributed by atoms with van der Waals surface area (Å²) in [5, 5.41) is 32.0. The SMILES string of the molecule is COc1cnc2ccc3c(c2n1)C(N[C@@H]1C[C@H](CNCc2cnc4c(n2)NC(=O)CS4)[C@H](O)[C@@H]1O)CCO3. The molecule has 2 aliphatic heterocycles. The highest BCUT2D eigenvalue weighted by Gasteiger charge is 2.42. The van der Waals surface area contributed by atoms with Gasteiger partial charge in [-0.05, 0) is 18.6 Å². The van der Waals surface area contributed by atoms with Crippen molar-refractivity contribution in [1.29, 1.82) is 0 Å². The van der Waals surface area contributed by atoms with Crippen LogP contribution in [0.25, 0.3) is 11.0 Å². The van der Waals surface area contributed by atoms with E-state index in [0.717, 1.165) is 16.8 Å². The van der Waals surface area contributed by atoms with E-state index in [-0.39, 0.29) is 23.9 Å². The Labute approximate surface area is 223 Å². The maximum Gasteiger partial charge on any atom is 0.236 e. The fourth-order valence-corrected chi connectivity index (χ4v) is 6.05. The highest BCUT2D eigenvalue weighted by atomic mass is 32.2. The number of benzene rings is 1. The van der Waals surface area contributed by atoms with Crippen molar-refractivity contribution in [1.82, 2.24) is 30.6 Å². The number of hydrogen-bond donors (Lipinski definition) is 5. The number of aromatic nitrogens is 4. The van der Waals surface area contributed by atoms with Crippen molar-refractivity contribution in [3.8, 4) is 11.6 Å². The average Bonchev–Trinajstić information content (AvgIpc) is 3.20. The molecule has 4 heterocycles. The van der Waals surface area contributed by atoms with Crippen LogP contribution in [0.5, 0.6) is 11.6 Å². The second kappa shape index (κ2) is 10.6. The Morgan fingerprint density at radius 3 is 2.97 bits per heavy atom. The normalized spacial score (nSPS) is 26.4. The van der Waals surface area contributed by atoms with Crippen LogP contribution in [-0.2, 0) is 11.3 Å². The molecular weight excluding hydrogens is 510 g/mol. The molecule has 0 radical (unpaired) electrons. The third-order valence-corrected chi connectivity index (χ3v) is 8.21. The largest absolute Gasteiger partial charge is 0.493 e. The second-order valence-electron chi connectivity index (χ2n) is 9.68. The highest BCUT2D eigenvalue weighted by Crippen LogP contribution is 2.39. The third kappa shape index (κ3) is 4.87. The number of aliphatic hydroxyl groups excluding tert-OH is 2. The Morgan fingerprint density at radius 2 is 2.11 bits per heavy atom. The van der Waals surface area contributed by atoms with E-state index in [0.29, 0.717) is 66.2 Å². The number of hydrogen-bond acceptors (Lipinski definition) is 12. The number of carbonyl (C=O) groups excluding carboxylic acids is 1. The summed E-state index contributed by atoms with van der Waals surface area (Å²) in [4.78, 5) is 29.6. The number of nitrogens with one attached hydrogen (secondary N) is 3. The minimum atomic E-state index is -0.917. The zero-order valence-electron chi connectivity index (χ0n) is 20.8. The first kappa shape index (κ1) is 25.2. The lowest BCUT2D eigenvalue weighted by Gasteiger charge is -2.31. The lowest BCUT2D eigenvalue weighted by Crippen LogP contribution is -2.43. The van der Waals surface area contributed by atoms with Gasteiger partial charge in [-0.25, -0.2) is 19.9 Å². The number of rotatable bonds is 7. The number of thioether (sulfide) groups is 1. The maximum absolute atomic E-state index is 11.6. The zero-order valence-corrected chi connectivity index (χ0v) is 21.6. The summed E-state index contributed by atoms with van der Waals surface area (Å²) in [6.45, 7) is 1.45. The van der Waals surface area contributed by atoms with E-state index < -0.39 is 12.2 Å². The summed E-state index contributed by atoms with van der Waals surface area (Å²) in [5.74, 6) is 1.73. The number of methoxy groups -OCH3 is 1. The highest BCUT2D eigenvalue weighted by molar-refractivity contribution is 8.00. The third-order valence-electron chi connectivity index (χ3n) is 7.23. The second-order valence-corrected chi connectivity index (χ2v) is 10.6. The van der Waals surface area contributed by atoms with E-state index >= 15 is 0 Å². The predicted molar refractivity (Wildman–Crippen MR) is 139 cm³/mol. The molecule has 1 fully saturated rings. The van der Waals surface area contributed by atoms with Crippen LogP contribution in [0.3, 0.4) is 0 Å². The number of anilines is 1. The first-order valence-corrected chi connectivity index (χ1v) is 13.6. The molecule has 0 spiro atoms. The molecule has 5 N–H and O–H groups in total. The Balaban J connectivity index is 1.12. The maximum atomic E-state index is 11.6. The van der Waals surface area contributed by atoms with E-state index in [4.69, 9.17) is 9.47 Å². The number of amides is 1. The van der Waals surface area contributed by atoms with Gasteiger partial charge < -0.3 is 35.6 Å². The van der Waals surface area contributed by atoms with Gasteiger partial charge in [-0.15, -0.1) is 0 Å². The van der Waals surface area contributed by atoms with Gasteiger partial charge in [0.1, 0.15) is 16.3 Å². The Bertz CT molecular complexity index is 1360. The van der Waals surface area contributed by atoms with E-state index in [1.807, 2.05) is 12.1 Å². The van der Waals surface area contributed by atoms with E-state index in [9.17, 15) is 15.0 Å². The van der Waals surface area contributed by atoms with E-state index in [1.54, 1.807) is 19.5 Å². The number of ether oxygens (including phenoxy) is 2. The van der Waals surface area contributed by atoms with Crippen molar-refractivity contribution in [2.24, 2.45) is 5.92 Å². The van der Waals surface area contributed by atoms with E-state index in [2.05, 4.69) is 35.9 Å². The summed E-state index contributed by atoms with van der Waals surface area (Å²) in [7, 11) is 1.55. The molecule has 1 aliphatic carbocycles. The number of carbonyl (C=O) groups is 1. The van der Waals surface area contributed by atoms with Crippen LogP contribution in [0.4, 0.5) is 5.82 Å². The quantitative estimate of drug-likeness (QED) is 0.287. The first-order chi connectivity index (χ1) is 18.5. The lowest BCUT2D eigenvalue weighted by atomic mass is 9.97. The van der Waals surface area contributed by atoms with Crippen LogP contribution in [0.1, 0.15) is 30.1 Å². The fourth-order valence-electron chi connectivity index (χ4n) is 5.35. The van der Waals surface area contributed by atoms with Crippen LogP contribution in [0.2, 0.25) is 0 Å². The van der Waals surface area contributed by atoms with Gasteiger partial charge in [0.25, 0.3) is 0 Å². The summed E-state index contributed by atoms with van der Waals surface area (Å²) in [6, 6.07) is 3.34. The van der Waals surface area contributed by atoms with Crippen molar-refractivity contribution < 1.29 is 24.5 Å².